The van der Waals surface area contributed by atoms with Gasteiger partial charge in [0.25, 0.3) is 0 Å². The van der Waals surface area contributed by atoms with Crippen molar-refractivity contribution in [3.63, 3.8) is 0 Å². The largest absolute Gasteiger partial charge is 0.497 e. The first-order valence-electron chi connectivity index (χ1n) is 11.6. The van der Waals surface area contributed by atoms with Crippen molar-refractivity contribution in [2.24, 2.45) is 0 Å². The Labute approximate surface area is 201 Å². The third kappa shape index (κ3) is 5.24. The van der Waals surface area contributed by atoms with E-state index in [-0.39, 0.29) is 0 Å². The van der Waals surface area contributed by atoms with Crippen molar-refractivity contribution in [1.82, 2.24) is 9.97 Å². The van der Waals surface area contributed by atoms with Gasteiger partial charge in [0.05, 0.1) is 24.7 Å². The molecule has 0 bridgehead atoms. The summed E-state index contributed by atoms with van der Waals surface area (Å²) in [6, 6.07) is 33.0. The van der Waals surface area contributed by atoms with Gasteiger partial charge >= 0.3 is 0 Å². The lowest BCUT2D eigenvalue weighted by atomic mass is 9.98. The SMILES string of the molecule is CC.COc1ccc(CNc2cnc3nc(-c4ccccc4)c(-c4ccccc4)cc3c2)cc1. The molecule has 34 heavy (non-hydrogen) atoms. The predicted octanol–water partition coefficient (Wildman–Crippen LogP) is 7.61. The van der Waals surface area contributed by atoms with Gasteiger partial charge in [0, 0.05) is 23.1 Å². The van der Waals surface area contributed by atoms with E-state index in [0.717, 1.165) is 44.9 Å². The highest BCUT2D eigenvalue weighted by molar-refractivity contribution is 5.91. The number of hydrogen-bond donors (Lipinski definition) is 1. The monoisotopic (exact) mass is 447 g/mol. The summed E-state index contributed by atoms with van der Waals surface area (Å²) in [5.74, 6) is 0.856. The molecule has 0 amide bonds. The van der Waals surface area contributed by atoms with E-state index in [1.807, 2.05) is 56.4 Å². The van der Waals surface area contributed by atoms with Gasteiger partial charge < -0.3 is 10.1 Å². The van der Waals surface area contributed by atoms with E-state index in [4.69, 9.17) is 9.72 Å². The molecular weight excluding hydrogens is 418 g/mol. The molecule has 2 heterocycles. The van der Waals surface area contributed by atoms with Gasteiger partial charge in [-0.15, -0.1) is 0 Å². The Morgan fingerprint density at radius 2 is 1.41 bits per heavy atom. The summed E-state index contributed by atoms with van der Waals surface area (Å²) >= 11 is 0. The quantitative estimate of drug-likeness (QED) is 0.291. The first-order chi connectivity index (χ1) is 16.8. The van der Waals surface area contributed by atoms with E-state index in [0.29, 0.717) is 6.54 Å². The molecule has 5 aromatic rings. The van der Waals surface area contributed by atoms with E-state index in [1.54, 1.807) is 7.11 Å². The molecule has 0 saturated heterocycles. The zero-order chi connectivity index (χ0) is 23.8. The van der Waals surface area contributed by atoms with Gasteiger partial charge in [0.1, 0.15) is 5.75 Å². The highest BCUT2D eigenvalue weighted by Gasteiger charge is 2.12. The predicted molar refractivity (Wildman–Crippen MR) is 142 cm³/mol. The van der Waals surface area contributed by atoms with Gasteiger partial charge in [-0.05, 0) is 35.4 Å². The van der Waals surface area contributed by atoms with Crippen molar-refractivity contribution in [3.8, 4) is 28.1 Å². The summed E-state index contributed by atoms with van der Waals surface area (Å²) in [4.78, 5) is 9.60. The summed E-state index contributed by atoms with van der Waals surface area (Å²) in [5, 5.41) is 4.47. The number of pyridine rings is 2. The number of nitrogens with one attached hydrogen (secondary N) is 1. The lowest BCUT2D eigenvalue weighted by Crippen LogP contribution is -2.00. The van der Waals surface area contributed by atoms with Crippen LogP contribution in [0.3, 0.4) is 0 Å². The second kappa shape index (κ2) is 11.1. The van der Waals surface area contributed by atoms with Crippen molar-refractivity contribution in [1.29, 1.82) is 0 Å². The molecule has 2 aromatic heterocycles. The topological polar surface area (TPSA) is 47.0 Å². The number of ether oxygens (including phenoxy) is 1. The molecule has 4 heteroatoms. The molecule has 0 unspecified atom stereocenters. The van der Waals surface area contributed by atoms with E-state index >= 15 is 0 Å². The Bertz CT molecular complexity index is 1330. The third-order valence-corrected chi connectivity index (χ3v) is 5.46. The molecule has 0 aliphatic carbocycles. The van der Waals surface area contributed by atoms with Gasteiger partial charge in [-0.1, -0.05) is 86.6 Å². The summed E-state index contributed by atoms with van der Waals surface area (Å²) < 4.78 is 5.23. The number of benzene rings is 3. The molecule has 3 aromatic carbocycles. The number of aromatic nitrogens is 2. The molecule has 5 rings (SSSR count). The molecule has 1 N–H and O–H groups in total. The zero-order valence-corrected chi connectivity index (χ0v) is 19.8. The van der Waals surface area contributed by atoms with Crippen molar-refractivity contribution in [2.75, 3.05) is 12.4 Å². The molecule has 0 radical (unpaired) electrons. The van der Waals surface area contributed by atoms with Crippen LogP contribution in [-0.2, 0) is 6.54 Å². The summed E-state index contributed by atoms with van der Waals surface area (Å²) in [5.41, 5.74) is 7.12. The molecule has 0 fully saturated rings. The average molecular weight is 448 g/mol. The number of hydrogen-bond acceptors (Lipinski definition) is 4. The Morgan fingerprint density at radius 1 is 0.765 bits per heavy atom. The van der Waals surface area contributed by atoms with Crippen LogP contribution in [0.5, 0.6) is 5.75 Å². The maximum Gasteiger partial charge on any atom is 0.159 e. The normalized spacial score (nSPS) is 10.3. The molecule has 170 valence electrons. The van der Waals surface area contributed by atoms with Gasteiger partial charge in [0.2, 0.25) is 0 Å². The molecule has 0 spiro atoms. The van der Waals surface area contributed by atoms with Crippen LogP contribution in [0.4, 0.5) is 5.69 Å². The standard InChI is InChI=1S/C28H23N3O.C2H6/c1-32-25-14-12-20(13-15-25)18-29-24-16-23-17-26(21-8-4-2-5-9-21)27(31-28(23)30-19-24)22-10-6-3-7-11-22;1-2/h2-17,19,29H,18H2,1H3;1-2H3. The molecular formula is C30H29N3O. The Balaban J connectivity index is 0.00000133. The number of methoxy groups -OCH3 is 1. The van der Waals surface area contributed by atoms with Crippen molar-refractivity contribution < 1.29 is 4.74 Å². The maximum atomic E-state index is 5.23. The minimum absolute atomic E-state index is 0.707. The number of nitrogens with zero attached hydrogens (tertiary/aromatic N) is 2. The fourth-order valence-corrected chi connectivity index (χ4v) is 3.76. The van der Waals surface area contributed by atoms with Crippen LogP contribution in [0, 0.1) is 0 Å². The summed E-state index contributed by atoms with van der Waals surface area (Å²) in [7, 11) is 1.68. The van der Waals surface area contributed by atoms with Crippen molar-refractivity contribution in [3.05, 3.63) is 109 Å². The molecule has 0 saturated carbocycles. The van der Waals surface area contributed by atoms with Crippen LogP contribution in [0.1, 0.15) is 19.4 Å². The van der Waals surface area contributed by atoms with E-state index in [9.17, 15) is 0 Å². The van der Waals surface area contributed by atoms with Crippen LogP contribution in [0.25, 0.3) is 33.4 Å². The number of fused-ring (bicyclic) bond motifs is 1. The molecule has 0 aliphatic rings. The van der Waals surface area contributed by atoms with Crippen LogP contribution in [0.15, 0.2) is 103 Å². The minimum atomic E-state index is 0.707. The first kappa shape index (κ1) is 23.0. The van der Waals surface area contributed by atoms with Crippen molar-refractivity contribution in [2.45, 2.75) is 20.4 Å². The lowest BCUT2D eigenvalue weighted by molar-refractivity contribution is 0.414. The highest BCUT2D eigenvalue weighted by Crippen LogP contribution is 2.33. The third-order valence-electron chi connectivity index (χ3n) is 5.46. The van der Waals surface area contributed by atoms with Crippen LogP contribution < -0.4 is 10.1 Å². The minimum Gasteiger partial charge on any atom is -0.497 e. The van der Waals surface area contributed by atoms with Gasteiger partial charge in [-0.2, -0.15) is 0 Å². The maximum absolute atomic E-state index is 5.23. The second-order valence-corrected chi connectivity index (χ2v) is 7.59. The number of anilines is 1. The summed E-state index contributed by atoms with van der Waals surface area (Å²) in [6.07, 6.45) is 1.84. The smallest absolute Gasteiger partial charge is 0.159 e. The molecule has 0 aliphatic heterocycles. The van der Waals surface area contributed by atoms with E-state index < -0.39 is 0 Å². The van der Waals surface area contributed by atoms with Gasteiger partial charge in [0.15, 0.2) is 5.65 Å². The molecule has 4 nitrogen and oxygen atoms in total. The van der Waals surface area contributed by atoms with Gasteiger partial charge in [-0.3, -0.25) is 0 Å². The molecule has 0 atom stereocenters. The van der Waals surface area contributed by atoms with Crippen LogP contribution in [0.2, 0.25) is 0 Å². The first-order valence-corrected chi connectivity index (χ1v) is 11.6. The number of rotatable bonds is 6. The Hall–Kier alpha value is -4.18. The average Bonchev–Trinajstić information content (AvgIpc) is 2.93. The lowest BCUT2D eigenvalue weighted by Gasteiger charge is -2.12. The van der Waals surface area contributed by atoms with Crippen LogP contribution >= 0.6 is 0 Å². The Morgan fingerprint density at radius 3 is 2.06 bits per heavy atom. The van der Waals surface area contributed by atoms with Crippen molar-refractivity contribution >= 4 is 16.7 Å². The van der Waals surface area contributed by atoms with Gasteiger partial charge in [-0.25, -0.2) is 9.97 Å². The Kier molecular flexibility index (Phi) is 7.51. The van der Waals surface area contributed by atoms with Crippen LogP contribution in [-0.4, -0.2) is 17.1 Å². The fourth-order valence-electron chi connectivity index (χ4n) is 3.76. The second-order valence-electron chi connectivity index (χ2n) is 7.59. The zero-order valence-electron chi connectivity index (χ0n) is 19.8. The highest BCUT2D eigenvalue weighted by atomic mass is 16.5. The van der Waals surface area contributed by atoms with E-state index in [2.05, 4.69) is 71.0 Å². The summed E-state index contributed by atoms with van der Waals surface area (Å²) in [6.45, 7) is 4.71. The fraction of sp³-hybridized carbons (Fsp3) is 0.133. The van der Waals surface area contributed by atoms with E-state index in [1.165, 1.54) is 5.56 Å².